The SMILES string of the molecule is O=C(N[C@H](Cc1c(F)c(F)c(F)c(F)c1F)C(=O)[O-])OCC1c2ccccc2-c2ccccc21. The minimum absolute atomic E-state index is 0.192. The number of hydrogen-bond donors (Lipinski definition) is 1. The maximum absolute atomic E-state index is 13.9. The number of alkyl carbamates (subject to hydrolysis) is 1. The molecule has 0 fully saturated rings. The van der Waals surface area contributed by atoms with Crippen molar-refractivity contribution in [2.75, 3.05) is 6.61 Å². The molecule has 0 aliphatic heterocycles. The fourth-order valence-electron chi connectivity index (χ4n) is 4.01. The zero-order valence-electron chi connectivity index (χ0n) is 17.2. The molecule has 0 saturated heterocycles. The number of hydrogen-bond acceptors (Lipinski definition) is 4. The highest BCUT2D eigenvalue weighted by Gasteiger charge is 2.31. The maximum atomic E-state index is 13.9. The number of amides is 1. The molecule has 3 aromatic carbocycles. The van der Waals surface area contributed by atoms with Crippen molar-refractivity contribution in [1.29, 1.82) is 0 Å². The summed E-state index contributed by atoms with van der Waals surface area (Å²) in [4.78, 5) is 23.7. The van der Waals surface area contributed by atoms with E-state index >= 15 is 0 Å². The van der Waals surface area contributed by atoms with E-state index in [4.69, 9.17) is 4.74 Å². The van der Waals surface area contributed by atoms with Crippen LogP contribution < -0.4 is 10.4 Å². The quantitative estimate of drug-likeness (QED) is 0.335. The van der Waals surface area contributed by atoms with E-state index in [9.17, 15) is 36.6 Å². The van der Waals surface area contributed by atoms with Gasteiger partial charge in [-0.3, -0.25) is 0 Å². The minimum Gasteiger partial charge on any atom is -0.548 e. The van der Waals surface area contributed by atoms with E-state index in [0.29, 0.717) is 0 Å². The van der Waals surface area contributed by atoms with Crippen LogP contribution in [0.5, 0.6) is 0 Å². The lowest BCUT2D eigenvalue weighted by Crippen LogP contribution is -2.49. The van der Waals surface area contributed by atoms with Crippen LogP contribution in [-0.2, 0) is 16.0 Å². The van der Waals surface area contributed by atoms with Crippen molar-refractivity contribution < 1.29 is 41.4 Å². The molecule has 1 aliphatic rings. The van der Waals surface area contributed by atoms with Crippen molar-refractivity contribution in [3.8, 4) is 11.1 Å². The predicted molar refractivity (Wildman–Crippen MR) is 107 cm³/mol. The van der Waals surface area contributed by atoms with Gasteiger partial charge < -0.3 is 20.0 Å². The molecule has 0 spiro atoms. The molecule has 3 aromatic rings. The Balaban J connectivity index is 1.49. The summed E-state index contributed by atoms with van der Waals surface area (Å²) in [7, 11) is 0. The molecule has 4 rings (SSSR count). The lowest BCUT2D eigenvalue weighted by molar-refractivity contribution is -0.308. The summed E-state index contributed by atoms with van der Waals surface area (Å²) in [6, 6.07) is 12.7. The first-order valence-corrected chi connectivity index (χ1v) is 10.0. The third kappa shape index (κ3) is 4.07. The summed E-state index contributed by atoms with van der Waals surface area (Å²) in [5, 5.41) is 13.2. The van der Waals surface area contributed by atoms with Crippen LogP contribution in [0.25, 0.3) is 11.1 Å². The highest BCUT2D eigenvalue weighted by atomic mass is 19.2. The summed E-state index contributed by atoms with van der Waals surface area (Å²) in [6.45, 7) is -0.192. The monoisotopic (exact) mass is 476 g/mol. The smallest absolute Gasteiger partial charge is 0.407 e. The lowest BCUT2D eigenvalue weighted by atomic mass is 9.98. The van der Waals surface area contributed by atoms with Crippen LogP contribution in [0.15, 0.2) is 48.5 Å². The molecule has 1 amide bonds. The van der Waals surface area contributed by atoms with Gasteiger partial charge in [0, 0.05) is 17.9 Å². The summed E-state index contributed by atoms with van der Waals surface area (Å²) >= 11 is 0. The molecule has 176 valence electrons. The van der Waals surface area contributed by atoms with E-state index in [2.05, 4.69) is 0 Å². The molecule has 0 unspecified atom stereocenters. The number of fused-ring (bicyclic) bond motifs is 3. The van der Waals surface area contributed by atoms with Gasteiger partial charge in [0.2, 0.25) is 5.82 Å². The second-order valence-corrected chi connectivity index (χ2v) is 7.59. The topological polar surface area (TPSA) is 78.5 Å². The van der Waals surface area contributed by atoms with Crippen molar-refractivity contribution in [3.05, 3.63) is 94.3 Å². The van der Waals surface area contributed by atoms with Gasteiger partial charge in [-0.1, -0.05) is 48.5 Å². The molecule has 0 saturated carbocycles. The lowest BCUT2D eigenvalue weighted by Gasteiger charge is -2.21. The Morgan fingerprint density at radius 1 is 0.824 bits per heavy atom. The van der Waals surface area contributed by atoms with Crippen LogP contribution in [0.1, 0.15) is 22.6 Å². The van der Waals surface area contributed by atoms with Crippen LogP contribution >= 0.6 is 0 Å². The van der Waals surface area contributed by atoms with Crippen molar-refractivity contribution in [2.45, 2.75) is 18.4 Å². The summed E-state index contributed by atoms with van der Waals surface area (Å²) < 4.78 is 73.0. The average Bonchev–Trinajstić information content (AvgIpc) is 3.15. The predicted octanol–water partition coefficient (Wildman–Crippen LogP) is 3.58. The number of benzene rings is 3. The normalized spacial score (nSPS) is 13.2. The van der Waals surface area contributed by atoms with Gasteiger partial charge >= 0.3 is 6.09 Å². The van der Waals surface area contributed by atoms with Gasteiger partial charge in [-0.2, -0.15) is 0 Å². The van der Waals surface area contributed by atoms with Crippen LogP contribution in [0.2, 0.25) is 0 Å². The van der Waals surface area contributed by atoms with Crippen LogP contribution in [0.4, 0.5) is 26.7 Å². The van der Waals surface area contributed by atoms with E-state index in [1.54, 1.807) is 0 Å². The maximum Gasteiger partial charge on any atom is 0.407 e. The number of carboxylic acid groups (broad SMARTS) is 1. The van der Waals surface area contributed by atoms with E-state index in [1.165, 1.54) is 0 Å². The van der Waals surface area contributed by atoms with Crippen LogP contribution in [-0.4, -0.2) is 24.7 Å². The van der Waals surface area contributed by atoms with Gasteiger partial charge in [-0.25, -0.2) is 26.7 Å². The summed E-state index contributed by atoms with van der Waals surface area (Å²) in [5.74, 6) is -13.6. The van der Waals surface area contributed by atoms with Gasteiger partial charge in [0.1, 0.15) is 6.61 Å². The third-order valence-corrected chi connectivity index (χ3v) is 5.63. The molecule has 34 heavy (non-hydrogen) atoms. The summed E-state index contributed by atoms with van der Waals surface area (Å²) in [6.07, 6.45) is -2.52. The number of rotatable bonds is 6. The van der Waals surface area contributed by atoms with Crippen molar-refractivity contribution in [2.24, 2.45) is 0 Å². The summed E-state index contributed by atoms with van der Waals surface area (Å²) in [5.41, 5.74) is 2.27. The van der Waals surface area contributed by atoms with Crippen LogP contribution in [0, 0.1) is 29.1 Å². The van der Waals surface area contributed by atoms with Gasteiger partial charge in [0.15, 0.2) is 23.3 Å². The number of carbonyl (C=O) groups is 2. The Labute approximate surface area is 189 Å². The molecule has 0 aromatic heterocycles. The van der Waals surface area contributed by atoms with Crippen molar-refractivity contribution in [1.82, 2.24) is 5.32 Å². The van der Waals surface area contributed by atoms with Crippen molar-refractivity contribution >= 4 is 12.1 Å². The van der Waals surface area contributed by atoms with Crippen LogP contribution in [0.3, 0.4) is 0 Å². The zero-order chi connectivity index (χ0) is 24.6. The highest BCUT2D eigenvalue weighted by molar-refractivity contribution is 5.80. The molecule has 0 heterocycles. The standard InChI is InChI=1S/C24H16F5NO4/c25-18-15(19(26)21(28)22(29)20(18)27)9-17(23(31)32)30-24(33)34-10-16-13-7-3-1-5-11(13)12-6-2-4-8-14(12)16/h1-8,16-17H,9-10H2,(H,30,33)(H,31,32)/p-1/t17-/m1/s1. The number of carbonyl (C=O) groups excluding carboxylic acids is 2. The Morgan fingerprint density at radius 3 is 1.79 bits per heavy atom. The molecular formula is C24H15F5NO4-. The van der Waals surface area contributed by atoms with Gasteiger partial charge in [-0.05, 0) is 22.3 Å². The molecule has 5 nitrogen and oxygen atoms in total. The highest BCUT2D eigenvalue weighted by Crippen LogP contribution is 2.44. The number of nitrogens with one attached hydrogen (secondary N) is 1. The Kier molecular flexibility index (Phi) is 6.23. The first-order chi connectivity index (χ1) is 16.2. The molecule has 0 radical (unpaired) electrons. The first-order valence-electron chi connectivity index (χ1n) is 10.0. The number of aliphatic carboxylic acids is 1. The van der Waals surface area contributed by atoms with E-state index in [1.807, 2.05) is 53.8 Å². The fourth-order valence-corrected chi connectivity index (χ4v) is 4.01. The van der Waals surface area contributed by atoms with E-state index in [-0.39, 0.29) is 12.5 Å². The number of ether oxygens (including phenoxy) is 1. The van der Waals surface area contributed by atoms with E-state index < -0.39 is 59.2 Å². The average molecular weight is 476 g/mol. The Morgan fingerprint density at radius 2 is 1.29 bits per heavy atom. The zero-order valence-corrected chi connectivity index (χ0v) is 17.2. The van der Waals surface area contributed by atoms with E-state index in [0.717, 1.165) is 22.3 Å². The third-order valence-electron chi connectivity index (χ3n) is 5.63. The molecular weight excluding hydrogens is 461 g/mol. The van der Waals surface area contributed by atoms with Crippen molar-refractivity contribution in [3.63, 3.8) is 0 Å². The largest absolute Gasteiger partial charge is 0.548 e. The fraction of sp³-hybridized carbons (Fsp3) is 0.167. The molecule has 0 bridgehead atoms. The second kappa shape index (κ2) is 9.12. The number of halogens is 5. The van der Waals surface area contributed by atoms with Gasteiger partial charge in [0.25, 0.3) is 0 Å². The van der Waals surface area contributed by atoms with Gasteiger partial charge in [0.05, 0.1) is 12.0 Å². The molecule has 1 aliphatic carbocycles. The van der Waals surface area contributed by atoms with Gasteiger partial charge in [-0.15, -0.1) is 0 Å². The first kappa shape index (κ1) is 23.2. The Hall–Kier alpha value is -3.95. The molecule has 1 N–H and O–H groups in total. The number of carboxylic acids is 1. The minimum atomic E-state index is -2.38. The second-order valence-electron chi connectivity index (χ2n) is 7.59. The molecule has 1 atom stereocenters. The molecule has 10 heteroatoms. The Bertz CT molecular complexity index is 1220.